The van der Waals surface area contributed by atoms with Crippen LogP contribution in [0, 0.1) is 5.41 Å². The largest absolute Gasteiger partial charge is 0.465 e. The third-order valence-electron chi connectivity index (χ3n) is 11.6. The highest BCUT2D eigenvalue weighted by Crippen LogP contribution is 2.20. The zero-order valence-electron chi connectivity index (χ0n) is 37.3. The first-order valence-corrected chi connectivity index (χ1v) is 24.6. The molecule has 0 aliphatic rings. The normalized spacial score (nSPS) is 11.7. The Bertz CT molecular complexity index is 743. The fraction of sp³-hybridized carbons (Fsp3) is 0.959. The van der Waals surface area contributed by atoms with Crippen LogP contribution in [0.1, 0.15) is 264 Å². The lowest BCUT2D eigenvalue weighted by molar-refractivity contribution is -0.155. The van der Waals surface area contributed by atoms with Gasteiger partial charge in [0, 0.05) is 26.1 Å². The summed E-state index contributed by atoms with van der Waals surface area (Å²) in [5.74, 6) is -0.464. The van der Waals surface area contributed by atoms with Gasteiger partial charge in [-0.2, -0.15) is 0 Å². The van der Waals surface area contributed by atoms with E-state index in [4.69, 9.17) is 19.7 Å². The SMILES string of the molecule is CC(CO)(COC(=O)CCCCCCCCCCCCCCCCCCCCCO)COC(=O)CCCCCCCCCCCCCCCCCCCCCO. The number of carbonyl (C=O) groups excluding carboxylic acids is 2. The van der Waals surface area contributed by atoms with Crippen LogP contribution in [0.5, 0.6) is 0 Å². The topological polar surface area (TPSA) is 113 Å². The summed E-state index contributed by atoms with van der Waals surface area (Å²) < 4.78 is 10.9. The van der Waals surface area contributed by atoms with Gasteiger partial charge in [0.25, 0.3) is 0 Å². The Kier molecular flexibility index (Phi) is 44.0. The Labute approximate surface area is 347 Å². The first kappa shape index (κ1) is 54.8. The van der Waals surface area contributed by atoms with Crippen molar-refractivity contribution in [2.75, 3.05) is 33.0 Å². The van der Waals surface area contributed by atoms with E-state index in [9.17, 15) is 14.7 Å². The lowest BCUT2D eigenvalue weighted by atomic mass is 9.94. The molecule has 0 aliphatic carbocycles. The second kappa shape index (κ2) is 44.9. The minimum Gasteiger partial charge on any atom is -0.465 e. The molecule has 0 aliphatic heterocycles. The van der Waals surface area contributed by atoms with Crippen LogP contribution in [0.25, 0.3) is 0 Å². The summed E-state index contributed by atoms with van der Waals surface area (Å²) in [5, 5.41) is 27.6. The highest BCUT2D eigenvalue weighted by atomic mass is 16.5. The van der Waals surface area contributed by atoms with E-state index >= 15 is 0 Å². The molecule has 0 amide bonds. The van der Waals surface area contributed by atoms with Gasteiger partial charge in [0.2, 0.25) is 0 Å². The average molecular weight is 797 g/mol. The van der Waals surface area contributed by atoms with E-state index in [0.717, 1.165) is 51.4 Å². The van der Waals surface area contributed by atoms with Crippen molar-refractivity contribution in [2.45, 2.75) is 264 Å². The van der Waals surface area contributed by atoms with Gasteiger partial charge in [-0.3, -0.25) is 9.59 Å². The molecule has 0 saturated heterocycles. The average Bonchev–Trinajstić information content (AvgIpc) is 3.20. The second-order valence-corrected chi connectivity index (χ2v) is 17.7. The predicted molar refractivity (Wildman–Crippen MR) is 236 cm³/mol. The zero-order chi connectivity index (χ0) is 40.9. The van der Waals surface area contributed by atoms with Crippen molar-refractivity contribution in [1.29, 1.82) is 0 Å². The van der Waals surface area contributed by atoms with Gasteiger partial charge in [-0.05, 0) is 25.7 Å². The fourth-order valence-electron chi connectivity index (χ4n) is 7.56. The van der Waals surface area contributed by atoms with E-state index in [1.54, 1.807) is 6.92 Å². The summed E-state index contributed by atoms with van der Waals surface area (Å²) in [6, 6.07) is 0. The molecule has 0 aromatic carbocycles. The molecule has 0 saturated carbocycles. The molecule has 334 valence electrons. The number of esters is 2. The first-order chi connectivity index (χ1) is 27.5. The third kappa shape index (κ3) is 42.4. The molecule has 3 N–H and O–H groups in total. The van der Waals surface area contributed by atoms with Crippen LogP contribution in [0.4, 0.5) is 0 Å². The van der Waals surface area contributed by atoms with Crippen LogP contribution in [-0.2, 0) is 19.1 Å². The quantitative estimate of drug-likeness (QED) is 0.0415. The Hall–Kier alpha value is -1.18. The summed E-state index contributed by atoms with van der Waals surface area (Å²) in [5.41, 5.74) is -0.770. The number of hydrogen-bond acceptors (Lipinski definition) is 7. The van der Waals surface area contributed by atoms with E-state index in [1.807, 2.05) is 0 Å². The van der Waals surface area contributed by atoms with Gasteiger partial charge >= 0.3 is 11.9 Å². The van der Waals surface area contributed by atoms with Crippen molar-refractivity contribution in [3.63, 3.8) is 0 Å². The number of aliphatic hydroxyl groups is 3. The molecule has 7 nitrogen and oxygen atoms in total. The summed E-state index contributed by atoms with van der Waals surface area (Å²) in [7, 11) is 0. The molecule has 0 aromatic heterocycles. The lowest BCUT2D eigenvalue weighted by Crippen LogP contribution is -2.35. The van der Waals surface area contributed by atoms with Gasteiger partial charge in [0.15, 0.2) is 0 Å². The Balaban J connectivity index is 3.53. The lowest BCUT2D eigenvalue weighted by Gasteiger charge is -2.26. The Morgan fingerprint density at radius 2 is 0.500 bits per heavy atom. The van der Waals surface area contributed by atoms with Crippen molar-refractivity contribution in [3.8, 4) is 0 Å². The van der Waals surface area contributed by atoms with E-state index in [2.05, 4.69) is 0 Å². The minimum atomic E-state index is -0.770. The van der Waals surface area contributed by atoms with Gasteiger partial charge in [-0.15, -0.1) is 0 Å². The molecule has 56 heavy (non-hydrogen) atoms. The van der Waals surface area contributed by atoms with Crippen LogP contribution in [0.3, 0.4) is 0 Å². The van der Waals surface area contributed by atoms with Crippen LogP contribution >= 0.6 is 0 Å². The predicted octanol–water partition coefficient (Wildman–Crippen LogP) is 13.7. The van der Waals surface area contributed by atoms with Gasteiger partial charge in [-0.1, -0.05) is 225 Å². The molecule has 0 unspecified atom stereocenters. The summed E-state index contributed by atoms with van der Waals surface area (Å²) in [6.07, 6.45) is 48.8. The number of carbonyl (C=O) groups is 2. The standard InChI is InChI=1S/C49H96O7/c1-49(44-52,45-55-47(53)40-36-32-28-24-20-16-12-8-4-2-6-10-14-18-22-26-30-34-38-42-50)46-56-48(54)41-37-33-29-25-21-17-13-9-5-3-7-11-15-19-23-27-31-35-39-43-51/h50-52H,2-46H2,1H3. The monoisotopic (exact) mass is 797 g/mol. The molecular formula is C49H96O7. The molecule has 0 aromatic rings. The third-order valence-corrected chi connectivity index (χ3v) is 11.6. The zero-order valence-corrected chi connectivity index (χ0v) is 37.3. The van der Waals surface area contributed by atoms with Gasteiger partial charge in [-0.25, -0.2) is 0 Å². The number of aliphatic hydroxyl groups excluding tert-OH is 3. The Morgan fingerprint density at radius 1 is 0.321 bits per heavy atom. The summed E-state index contributed by atoms with van der Waals surface area (Å²) >= 11 is 0. The molecule has 0 atom stereocenters. The van der Waals surface area contributed by atoms with E-state index in [1.165, 1.54) is 193 Å². The molecule has 0 rings (SSSR count). The van der Waals surface area contributed by atoms with E-state index in [-0.39, 0.29) is 31.8 Å². The van der Waals surface area contributed by atoms with Crippen molar-refractivity contribution in [2.24, 2.45) is 5.41 Å². The van der Waals surface area contributed by atoms with E-state index in [0.29, 0.717) is 26.1 Å². The fourth-order valence-corrected chi connectivity index (χ4v) is 7.56. The van der Waals surface area contributed by atoms with E-state index < -0.39 is 5.41 Å². The highest BCUT2D eigenvalue weighted by Gasteiger charge is 2.28. The van der Waals surface area contributed by atoms with Gasteiger partial charge in [0.1, 0.15) is 13.2 Å². The maximum absolute atomic E-state index is 12.3. The Morgan fingerprint density at radius 3 is 0.679 bits per heavy atom. The number of rotatable bonds is 47. The van der Waals surface area contributed by atoms with Crippen LogP contribution in [0.15, 0.2) is 0 Å². The smallest absolute Gasteiger partial charge is 0.305 e. The summed E-state index contributed by atoms with van der Waals surface area (Å²) in [6.45, 7) is 2.42. The van der Waals surface area contributed by atoms with Gasteiger partial charge in [0.05, 0.1) is 12.0 Å². The maximum atomic E-state index is 12.3. The minimum absolute atomic E-state index is 0.0656. The van der Waals surface area contributed by atoms with Crippen molar-refractivity contribution < 1.29 is 34.4 Å². The van der Waals surface area contributed by atoms with Gasteiger partial charge < -0.3 is 24.8 Å². The van der Waals surface area contributed by atoms with Crippen molar-refractivity contribution in [3.05, 3.63) is 0 Å². The molecule has 0 heterocycles. The van der Waals surface area contributed by atoms with Crippen molar-refractivity contribution in [1.82, 2.24) is 0 Å². The first-order valence-electron chi connectivity index (χ1n) is 24.6. The molecule has 0 bridgehead atoms. The number of unbranched alkanes of at least 4 members (excludes halogenated alkanes) is 36. The molecule has 7 heteroatoms. The van der Waals surface area contributed by atoms with Crippen LogP contribution in [-0.4, -0.2) is 60.3 Å². The highest BCUT2D eigenvalue weighted by molar-refractivity contribution is 5.69. The number of ether oxygens (including phenoxy) is 2. The number of hydrogen-bond donors (Lipinski definition) is 3. The second-order valence-electron chi connectivity index (χ2n) is 17.7. The molecule has 0 fully saturated rings. The molecule has 0 spiro atoms. The van der Waals surface area contributed by atoms with Crippen LogP contribution in [0.2, 0.25) is 0 Å². The van der Waals surface area contributed by atoms with Crippen LogP contribution < -0.4 is 0 Å². The molecule has 0 radical (unpaired) electrons. The molecular weight excluding hydrogens is 701 g/mol. The van der Waals surface area contributed by atoms with Crippen molar-refractivity contribution >= 4 is 11.9 Å². The summed E-state index contributed by atoms with van der Waals surface area (Å²) in [4.78, 5) is 24.6. The maximum Gasteiger partial charge on any atom is 0.305 e.